The molecule has 29 heavy (non-hydrogen) atoms. The van der Waals surface area contributed by atoms with Crippen molar-refractivity contribution in [1.82, 2.24) is 5.32 Å². The third-order valence-electron chi connectivity index (χ3n) is 5.29. The summed E-state index contributed by atoms with van der Waals surface area (Å²) >= 11 is 1.74. The molecule has 5 nitrogen and oxygen atoms in total. The molecule has 1 aliphatic carbocycles. The van der Waals surface area contributed by atoms with Crippen LogP contribution in [-0.4, -0.2) is 35.2 Å². The fraction of sp³-hybridized carbons (Fsp3) is 0.565. The summed E-state index contributed by atoms with van der Waals surface area (Å²) in [5.74, 6) is 0.0565. The van der Waals surface area contributed by atoms with Crippen LogP contribution in [0.1, 0.15) is 58.9 Å². The van der Waals surface area contributed by atoms with E-state index in [4.69, 9.17) is 9.47 Å². The van der Waals surface area contributed by atoms with Crippen molar-refractivity contribution in [2.75, 3.05) is 12.4 Å². The van der Waals surface area contributed by atoms with E-state index in [-0.39, 0.29) is 18.0 Å². The molecule has 0 radical (unpaired) electrons. The molecule has 1 N–H and O–H groups in total. The second-order valence-corrected chi connectivity index (χ2v) is 9.48. The summed E-state index contributed by atoms with van der Waals surface area (Å²) in [4.78, 5) is 24.6. The standard InChI is InChI=1S/C23H33NO4S/c1-5-27-21(25)20(24-22(26)28-15-18-9-7-6-8-10-18)16-29-23(4)13-11-19(12-14-23)17(2)3/h6-10,20H,5,11-16H2,1-4H3,(H,24,26)/t20-/m0/s1. The molecule has 0 unspecified atom stereocenters. The quantitative estimate of drug-likeness (QED) is 0.461. The van der Waals surface area contributed by atoms with Crippen molar-refractivity contribution in [1.29, 1.82) is 0 Å². The second-order valence-electron chi connectivity index (χ2n) is 7.88. The third-order valence-corrected chi connectivity index (χ3v) is 6.90. The van der Waals surface area contributed by atoms with E-state index in [1.165, 1.54) is 5.57 Å². The number of hydrogen-bond donors (Lipinski definition) is 1. The van der Waals surface area contributed by atoms with Crippen molar-refractivity contribution in [3.8, 4) is 0 Å². The van der Waals surface area contributed by atoms with Crippen LogP contribution in [0.3, 0.4) is 0 Å². The average Bonchev–Trinajstić information content (AvgIpc) is 2.71. The van der Waals surface area contributed by atoms with Crippen LogP contribution in [0.4, 0.5) is 4.79 Å². The van der Waals surface area contributed by atoms with Gasteiger partial charge in [-0.15, -0.1) is 0 Å². The Morgan fingerprint density at radius 3 is 2.38 bits per heavy atom. The number of rotatable bonds is 8. The first-order valence-corrected chi connectivity index (χ1v) is 11.2. The molecule has 0 bridgehead atoms. The molecule has 0 aromatic heterocycles. The number of alkyl carbamates (subject to hydrolysis) is 1. The highest BCUT2D eigenvalue weighted by Gasteiger charge is 2.32. The highest BCUT2D eigenvalue weighted by atomic mass is 32.2. The molecule has 1 atom stereocenters. The Morgan fingerprint density at radius 1 is 1.14 bits per heavy atom. The molecule has 2 rings (SSSR count). The number of amides is 1. The molecule has 1 aliphatic rings. The number of esters is 1. The maximum atomic E-state index is 12.4. The summed E-state index contributed by atoms with van der Waals surface area (Å²) in [5, 5.41) is 2.69. The molecule has 6 heteroatoms. The number of ether oxygens (including phenoxy) is 2. The monoisotopic (exact) mass is 419 g/mol. The highest BCUT2D eigenvalue weighted by Crippen LogP contribution is 2.42. The maximum absolute atomic E-state index is 12.4. The molecule has 0 saturated heterocycles. The van der Waals surface area contributed by atoms with Crippen LogP contribution in [0.2, 0.25) is 0 Å². The van der Waals surface area contributed by atoms with E-state index in [9.17, 15) is 9.59 Å². The van der Waals surface area contributed by atoms with E-state index in [1.807, 2.05) is 30.3 Å². The fourth-order valence-corrected chi connectivity index (χ4v) is 4.61. The first-order valence-electron chi connectivity index (χ1n) is 10.3. The normalized spacial score (nSPS) is 19.9. The molecular weight excluding hydrogens is 386 g/mol. The Bertz CT molecular complexity index is 703. The van der Waals surface area contributed by atoms with Crippen LogP contribution in [0.15, 0.2) is 41.5 Å². The minimum Gasteiger partial charge on any atom is -0.464 e. The minimum absolute atomic E-state index is 0.0965. The largest absolute Gasteiger partial charge is 0.464 e. The van der Waals surface area contributed by atoms with E-state index in [1.54, 1.807) is 24.3 Å². The van der Waals surface area contributed by atoms with Crippen molar-refractivity contribution in [3.63, 3.8) is 0 Å². The Labute approximate surface area is 178 Å². The topological polar surface area (TPSA) is 64.6 Å². The third kappa shape index (κ3) is 7.77. The van der Waals surface area contributed by atoms with Crippen molar-refractivity contribution >= 4 is 23.8 Å². The maximum Gasteiger partial charge on any atom is 0.408 e. The molecule has 1 saturated carbocycles. The molecule has 1 aromatic rings. The van der Waals surface area contributed by atoms with E-state index in [2.05, 4.69) is 26.1 Å². The molecule has 0 heterocycles. The summed E-state index contributed by atoms with van der Waals surface area (Å²) in [6, 6.07) is 8.74. The lowest BCUT2D eigenvalue weighted by Crippen LogP contribution is -2.45. The van der Waals surface area contributed by atoms with Gasteiger partial charge in [0.25, 0.3) is 0 Å². The Morgan fingerprint density at radius 2 is 1.79 bits per heavy atom. The zero-order valence-electron chi connectivity index (χ0n) is 18.0. The number of benzene rings is 1. The molecule has 1 fully saturated rings. The van der Waals surface area contributed by atoms with Crippen molar-refractivity contribution in [2.24, 2.45) is 0 Å². The van der Waals surface area contributed by atoms with E-state index in [0.29, 0.717) is 5.75 Å². The van der Waals surface area contributed by atoms with Gasteiger partial charge in [0, 0.05) is 10.5 Å². The predicted molar refractivity (Wildman–Crippen MR) is 118 cm³/mol. The SMILES string of the molecule is CCOC(=O)[C@H](CSC1(C)CCC(=C(C)C)CC1)NC(=O)OCc1ccccc1. The zero-order valence-corrected chi connectivity index (χ0v) is 18.8. The highest BCUT2D eigenvalue weighted by molar-refractivity contribution is 8.00. The van der Waals surface area contributed by atoms with Crippen LogP contribution < -0.4 is 5.32 Å². The van der Waals surface area contributed by atoms with Gasteiger partial charge in [0.05, 0.1) is 6.61 Å². The molecule has 0 aliphatic heterocycles. The summed E-state index contributed by atoms with van der Waals surface area (Å²) in [6.07, 6.45) is 3.75. The van der Waals surface area contributed by atoms with Gasteiger partial charge in [-0.3, -0.25) is 0 Å². The number of thioether (sulfide) groups is 1. The smallest absolute Gasteiger partial charge is 0.408 e. The summed E-state index contributed by atoms with van der Waals surface area (Å²) in [7, 11) is 0. The van der Waals surface area contributed by atoms with Gasteiger partial charge in [-0.2, -0.15) is 11.8 Å². The van der Waals surface area contributed by atoms with Gasteiger partial charge in [-0.25, -0.2) is 9.59 Å². The lowest BCUT2D eigenvalue weighted by atomic mass is 9.84. The summed E-state index contributed by atoms with van der Waals surface area (Å²) in [5.41, 5.74) is 3.87. The van der Waals surface area contributed by atoms with Crippen molar-refractivity contribution in [2.45, 2.75) is 70.8 Å². The van der Waals surface area contributed by atoms with Crippen LogP contribution in [0, 0.1) is 0 Å². The Balaban J connectivity index is 1.89. The van der Waals surface area contributed by atoms with Gasteiger partial charge >= 0.3 is 12.1 Å². The first kappa shape index (κ1) is 23.3. The van der Waals surface area contributed by atoms with Crippen LogP contribution in [-0.2, 0) is 20.9 Å². The van der Waals surface area contributed by atoms with Crippen molar-refractivity contribution in [3.05, 3.63) is 47.0 Å². The molecule has 0 spiro atoms. The molecular formula is C23H33NO4S. The fourth-order valence-electron chi connectivity index (χ4n) is 3.33. The molecule has 1 amide bonds. The predicted octanol–water partition coefficient (Wildman–Crippen LogP) is 5.25. The van der Waals surface area contributed by atoms with E-state index >= 15 is 0 Å². The van der Waals surface area contributed by atoms with E-state index in [0.717, 1.165) is 31.2 Å². The number of carbonyl (C=O) groups is 2. The van der Waals surface area contributed by atoms with Gasteiger partial charge in [0.15, 0.2) is 0 Å². The number of nitrogens with one attached hydrogen (secondary N) is 1. The summed E-state index contributed by atoms with van der Waals surface area (Å²) < 4.78 is 10.5. The minimum atomic E-state index is -0.718. The van der Waals surface area contributed by atoms with Crippen LogP contribution >= 0.6 is 11.8 Å². The average molecular weight is 420 g/mol. The second kappa shape index (κ2) is 11.3. The van der Waals surface area contributed by atoms with Gasteiger partial charge in [-0.1, -0.05) is 48.4 Å². The molecule has 1 aromatic carbocycles. The van der Waals surface area contributed by atoms with Gasteiger partial charge < -0.3 is 14.8 Å². The molecule has 160 valence electrons. The first-order chi connectivity index (χ1) is 13.8. The number of hydrogen-bond acceptors (Lipinski definition) is 5. The summed E-state index contributed by atoms with van der Waals surface area (Å²) in [6.45, 7) is 8.80. The lowest BCUT2D eigenvalue weighted by Gasteiger charge is -2.35. The Kier molecular flexibility index (Phi) is 9.08. The van der Waals surface area contributed by atoms with Gasteiger partial charge in [-0.05, 0) is 52.0 Å². The number of carbonyl (C=O) groups excluding carboxylic acids is 2. The lowest BCUT2D eigenvalue weighted by molar-refractivity contribution is -0.144. The van der Waals surface area contributed by atoms with E-state index < -0.39 is 18.1 Å². The number of allylic oxidation sites excluding steroid dienone is 2. The zero-order chi connectivity index (χ0) is 21.3. The van der Waals surface area contributed by atoms with Crippen LogP contribution in [0.25, 0.3) is 0 Å². The Hall–Kier alpha value is -1.95. The van der Waals surface area contributed by atoms with Crippen LogP contribution in [0.5, 0.6) is 0 Å². The van der Waals surface area contributed by atoms with Crippen molar-refractivity contribution < 1.29 is 19.1 Å². The van der Waals surface area contributed by atoms with Gasteiger partial charge in [0.2, 0.25) is 0 Å². The van der Waals surface area contributed by atoms with Gasteiger partial charge in [0.1, 0.15) is 12.6 Å².